The van der Waals surface area contributed by atoms with Gasteiger partial charge in [0.05, 0.1) is 0 Å². The van der Waals surface area contributed by atoms with E-state index in [-0.39, 0.29) is 0 Å². The lowest BCUT2D eigenvalue weighted by molar-refractivity contribution is -0.0510. The molecule has 0 aliphatic carbocycles. The maximum atomic E-state index is 13.8. The second-order valence-electron chi connectivity index (χ2n) is 6.41. The van der Waals surface area contributed by atoms with Gasteiger partial charge in [-0.05, 0) is 51.0 Å². The minimum atomic E-state index is -2.75. The van der Waals surface area contributed by atoms with Gasteiger partial charge in [0.2, 0.25) is 5.92 Å². The molecule has 1 atom stereocenters. The van der Waals surface area contributed by atoms with Gasteiger partial charge in [0.15, 0.2) is 0 Å². The van der Waals surface area contributed by atoms with E-state index in [4.69, 9.17) is 0 Å². The Morgan fingerprint density at radius 3 is 2.10 bits per heavy atom. The van der Waals surface area contributed by atoms with Gasteiger partial charge in [-0.15, -0.1) is 0 Å². The fraction of sp³-hybridized carbons (Fsp3) is 0.667. The number of rotatable bonds is 8. The fourth-order valence-electron chi connectivity index (χ4n) is 2.61. The Hall–Kier alpha value is -0.990. The Bertz CT molecular complexity index is 409. The maximum Gasteiger partial charge on any atom is 0.248 e. The minimum Gasteiger partial charge on any atom is -0.207 e. The van der Waals surface area contributed by atoms with Gasteiger partial charge in [0, 0.05) is 5.92 Å². The molecule has 0 bridgehead atoms. The van der Waals surface area contributed by atoms with Gasteiger partial charge in [-0.3, -0.25) is 0 Å². The van der Waals surface area contributed by atoms with Crippen LogP contribution in [0.1, 0.15) is 60.8 Å². The van der Waals surface area contributed by atoms with Crippen LogP contribution in [0.5, 0.6) is 0 Å². The van der Waals surface area contributed by atoms with Crippen molar-refractivity contribution in [2.24, 2.45) is 11.3 Å². The lowest BCUT2D eigenvalue weighted by Gasteiger charge is -2.34. The molecule has 0 spiro atoms. The van der Waals surface area contributed by atoms with Gasteiger partial charge >= 0.3 is 0 Å². The number of allylic oxidation sites excluding steroid dienone is 5. The summed E-state index contributed by atoms with van der Waals surface area (Å²) in [5, 5.41) is 0. The van der Waals surface area contributed by atoms with Crippen molar-refractivity contribution in [1.82, 2.24) is 0 Å². The van der Waals surface area contributed by atoms with Crippen LogP contribution >= 0.6 is 0 Å². The normalized spacial score (nSPS) is 16.0. The summed E-state index contributed by atoms with van der Waals surface area (Å²) in [6.07, 6.45) is 4.71. The van der Waals surface area contributed by atoms with E-state index in [1.807, 2.05) is 34.6 Å². The molecule has 122 valence electrons. The zero-order valence-corrected chi connectivity index (χ0v) is 14.2. The Kier molecular flexibility index (Phi) is 7.49. The van der Waals surface area contributed by atoms with E-state index in [0.717, 1.165) is 12.5 Å². The molecule has 0 nitrogen and oxygen atoms in total. The van der Waals surface area contributed by atoms with Gasteiger partial charge in [-0.2, -0.15) is 0 Å². The number of hydrogen-bond acceptors (Lipinski definition) is 0. The van der Waals surface area contributed by atoms with E-state index in [9.17, 15) is 13.2 Å². The third-order valence-electron chi connectivity index (χ3n) is 4.28. The molecule has 0 aromatic carbocycles. The first kappa shape index (κ1) is 20.0. The smallest absolute Gasteiger partial charge is 0.207 e. The highest BCUT2D eigenvalue weighted by molar-refractivity contribution is 5.31. The molecular formula is C18H29F3. The molecule has 0 N–H and O–H groups in total. The second-order valence-corrected chi connectivity index (χ2v) is 6.41. The van der Waals surface area contributed by atoms with Crippen molar-refractivity contribution in [2.45, 2.75) is 66.7 Å². The second kappa shape index (κ2) is 7.86. The molecule has 3 heteroatoms. The summed E-state index contributed by atoms with van der Waals surface area (Å²) in [6, 6.07) is 0. The molecule has 0 heterocycles. The minimum absolute atomic E-state index is 0.309. The van der Waals surface area contributed by atoms with E-state index in [2.05, 4.69) is 6.58 Å². The molecule has 0 radical (unpaired) electrons. The average molecular weight is 302 g/mol. The molecule has 21 heavy (non-hydrogen) atoms. The third-order valence-corrected chi connectivity index (χ3v) is 4.28. The van der Waals surface area contributed by atoms with Crippen LogP contribution in [0.4, 0.5) is 13.2 Å². The van der Waals surface area contributed by atoms with E-state index in [1.54, 1.807) is 12.2 Å². The van der Waals surface area contributed by atoms with Crippen molar-refractivity contribution < 1.29 is 13.2 Å². The standard InChI is InChI=1S/C18H29F3/c1-8-10-11-15(18(7,20)21)12-17(5,6)13(3)16(9-2)14(4)19/h8,10,15H,4,9,11-12H2,1-3,5-7H3/b10-8+,16-13+. The summed E-state index contributed by atoms with van der Waals surface area (Å²) < 4.78 is 41.1. The first-order chi connectivity index (χ1) is 9.47. The highest BCUT2D eigenvalue weighted by Gasteiger charge is 2.38. The van der Waals surface area contributed by atoms with Gasteiger partial charge in [0.1, 0.15) is 5.83 Å². The molecule has 0 amide bonds. The van der Waals surface area contributed by atoms with Crippen molar-refractivity contribution in [2.75, 3.05) is 0 Å². The van der Waals surface area contributed by atoms with E-state index >= 15 is 0 Å². The molecule has 1 unspecified atom stereocenters. The summed E-state index contributed by atoms with van der Waals surface area (Å²) in [7, 11) is 0. The summed E-state index contributed by atoms with van der Waals surface area (Å²) in [6.45, 7) is 13.6. The highest BCUT2D eigenvalue weighted by atomic mass is 19.3. The van der Waals surface area contributed by atoms with E-state index in [1.165, 1.54) is 0 Å². The monoisotopic (exact) mass is 302 g/mol. The van der Waals surface area contributed by atoms with Crippen molar-refractivity contribution in [3.8, 4) is 0 Å². The third kappa shape index (κ3) is 6.11. The van der Waals surface area contributed by atoms with Crippen molar-refractivity contribution in [3.63, 3.8) is 0 Å². The molecule has 0 saturated carbocycles. The van der Waals surface area contributed by atoms with E-state index < -0.39 is 23.1 Å². The lowest BCUT2D eigenvalue weighted by atomic mass is 9.73. The zero-order chi connectivity index (χ0) is 16.8. The Labute approximate surface area is 127 Å². The number of halogens is 3. The SMILES string of the molecule is C=C(F)/C(CC)=C(\C)C(C)(C)CC(C/C=C/C)C(C)(F)F. The van der Waals surface area contributed by atoms with Gasteiger partial charge in [0.25, 0.3) is 0 Å². The maximum absolute atomic E-state index is 13.8. The summed E-state index contributed by atoms with van der Waals surface area (Å²) in [4.78, 5) is 0. The molecule has 0 aromatic rings. The number of alkyl halides is 2. The summed E-state index contributed by atoms with van der Waals surface area (Å²) in [5.74, 6) is -3.98. The molecular weight excluding hydrogens is 273 g/mol. The average Bonchev–Trinajstić information content (AvgIpc) is 2.33. The zero-order valence-electron chi connectivity index (χ0n) is 14.2. The van der Waals surface area contributed by atoms with Crippen LogP contribution in [0.3, 0.4) is 0 Å². The van der Waals surface area contributed by atoms with Crippen LogP contribution in [0, 0.1) is 11.3 Å². The molecule has 0 fully saturated rings. The largest absolute Gasteiger partial charge is 0.248 e. The summed E-state index contributed by atoms with van der Waals surface area (Å²) >= 11 is 0. The predicted molar refractivity (Wildman–Crippen MR) is 85.2 cm³/mol. The van der Waals surface area contributed by atoms with Crippen LogP contribution in [0.25, 0.3) is 0 Å². The molecule has 0 aliphatic rings. The quantitative estimate of drug-likeness (QED) is 0.340. The van der Waals surface area contributed by atoms with Crippen molar-refractivity contribution in [3.05, 3.63) is 35.7 Å². The lowest BCUT2D eigenvalue weighted by Crippen LogP contribution is -2.30. The fourth-order valence-corrected chi connectivity index (χ4v) is 2.61. The molecule has 0 saturated heterocycles. The Morgan fingerprint density at radius 1 is 1.24 bits per heavy atom. The summed E-state index contributed by atoms with van der Waals surface area (Å²) in [5.41, 5.74) is 0.864. The van der Waals surface area contributed by atoms with Crippen LogP contribution < -0.4 is 0 Å². The van der Waals surface area contributed by atoms with Gasteiger partial charge in [-0.1, -0.05) is 45.1 Å². The number of hydrogen-bond donors (Lipinski definition) is 0. The Balaban J connectivity index is 5.44. The van der Waals surface area contributed by atoms with Crippen LogP contribution in [0.15, 0.2) is 35.7 Å². The molecule has 0 aliphatic heterocycles. The van der Waals surface area contributed by atoms with Crippen LogP contribution in [0.2, 0.25) is 0 Å². The van der Waals surface area contributed by atoms with E-state index in [0.29, 0.717) is 24.8 Å². The topological polar surface area (TPSA) is 0 Å². The van der Waals surface area contributed by atoms with Gasteiger partial charge in [-0.25, -0.2) is 13.2 Å². The van der Waals surface area contributed by atoms with Crippen LogP contribution in [-0.2, 0) is 0 Å². The van der Waals surface area contributed by atoms with Crippen molar-refractivity contribution in [1.29, 1.82) is 0 Å². The Morgan fingerprint density at radius 2 is 1.76 bits per heavy atom. The predicted octanol–water partition coefficient (Wildman–Crippen LogP) is 6.85. The highest BCUT2D eigenvalue weighted by Crippen LogP contribution is 2.43. The molecule has 0 aromatic heterocycles. The van der Waals surface area contributed by atoms with Crippen molar-refractivity contribution >= 4 is 0 Å². The van der Waals surface area contributed by atoms with Crippen LogP contribution in [-0.4, -0.2) is 5.92 Å². The first-order valence-electron chi connectivity index (χ1n) is 7.51. The molecule has 0 rings (SSSR count). The van der Waals surface area contributed by atoms with Gasteiger partial charge < -0.3 is 0 Å². The first-order valence-corrected chi connectivity index (χ1v) is 7.51.